The molecule has 1 aromatic heterocycles. The second-order valence-electron chi connectivity index (χ2n) is 10.1. The van der Waals surface area contributed by atoms with Gasteiger partial charge >= 0.3 is 0 Å². The van der Waals surface area contributed by atoms with Crippen LogP contribution in [-0.2, 0) is 11.8 Å². The molecule has 0 saturated carbocycles. The van der Waals surface area contributed by atoms with Crippen LogP contribution in [0.5, 0.6) is 0 Å². The van der Waals surface area contributed by atoms with Crippen molar-refractivity contribution in [1.29, 1.82) is 0 Å². The minimum atomic E-state index is -0.396. The number of fused-ring (bicyclic) bond motifs is 1. The summed E-state index contributed by atoms with van der Waals surface area (Å²) >= 11 is 0. The van der Waals surface area contributed by atoms with Gasteiger partial charge in [0.25, 0.3) is 0 Å². The molecule has 0 aliphatic carbocycles. The van der Waals surface area contributed by atoms with E-state index in [2.05, 4.69) is 95.1 Å². The number of H-pyrrole nitrogens is 1. The third-order valence-electron chi connectivity index (χ3n) is 6.99. The van der Waals surface area contributed by atoms with Gasteiger partial charge in [-0.05, 0) is 88.2 Å². The van der Waals surface area contributed by atoms with Gasteiger partial charge < -0.3 is 4.98 Å². The van der Waals surface area contributed by atoms with E-state index >= 15 is 4.39 Å². The predicted molar refractivity (Wildman–Crippen MR) is 134 cm³/mol. The van der Waals surface area contributed by atoms with Crippen molar-refractivity contribution in [2.45, 2.75) is 65.2 Å². The summed E-state index contributed by atoms with van der Waals surface area (Å²) in [7, 11) is 0. The Balaban J connectivity index is 1.58. The Hall–Kier alpha value is -2.87. The third kappa shape index (κ3) is 4.24. The van der Waals surface area contributed by atoms with Gasteiger partial charge in [-0.1, -0.05) is 71.0 Å². The van der Waals surface area contributed by atoms with E-state index in [1.165, 1.54) is 27.6 Å². The zero-order valence-electron chi connectivity index (χ0n) is 20.1. The van der Waals surface area contributed by atoms with Crippen LogP contribution in [0.1, 0.15) is 79.8 Å². The average molecular weight is 428 g/mol. The van der Waals surface area contributed by atoms with Gasteiger partial charge in [-0.15, -0.1) is 0 Å². The lowest BCUT2D eigenvalue weighted by Gasteiger charge is -2.29. The van der Waals surface area contributed by atoms with Crippen LogP contribution < -0.4 is 0 Å². The summed E-state index contributed by atoms with van der Waals surface area (Å²) in [4.78, 5) is 3.24. The molecule has 4 rings (SSSR count). The molecule has 0 spiro atoms. The van der Waals surface area contributed by atoms with Crippen LogP contribution >= 0.6 is 0 Å². The lowest BCUT2D eigenvalue weighted by atomic mass is 9.75. The molecule has 1 N–H and O–H groups in total. The number of hydrogen-bond acceptors (Lipinski definition) is 0. The van der Waals surface area contributed by atoms with Crippen LogP contribution in [0.4, 0.5) is 4.39 Å². The number of benzene rings is 3. The Morgan fingerprint density at radius 2 is 1.56 bits per heavy atom. The molecule has 1 nitrogen and oxygen atoms in total. The summed E-state index contributed by atoms with van der Waals surface area (Å²) < 4.78 is 15.4. The topological polar surface area (TPSA) is 15.8 Å². The molecule has 0 bridgehead atoms. The van der Waals surface area contributed by atoms with Crippen LogP contribution in [0.2, 0.25) is 0 Å². The fraction of sp³-hybridized carbons (Fsp3) is 0.333. The number of halogens is 1. The van der Waals surface area contributed by atoms with Crippen molar-refractivity contribution < 1.29 is 4.39 Å². The van der Waals surface area contributed by atoms with E-state index in [0.717, 1.165) is 23.1 Å². The first-order valence-corrected chi connectivity index (χ1v) is 11.6. The molecular weight excluding hydrogens is 393 g/mol. The monoisotopic (exact) mass is 427 g/mol. The molecule has 0 radical (unpaired) electrons. The van der Waals surface area contributed by atoms with Crippen molar-refractivity contribution in [2.24, 2.45) is 0 Å². The molecule has 32 heavy (non-hydrogen) atoms. The number of aryl methyl sites for hydroxylation is 1. The van der Waals surface area contributed by atoms with Gasteiger partial charge in [-0.25, -0.2) is 4.39 Å². The van der Waals surface area contributed by atoms with Crippen molar-refractivity contribution in [2.75, 3.05) is 0 Å². The summed E-state index contributed by atoms with van der Waals surface area (Å²) in [5.74, 6) is 0.688. The first-order chi connectivity index (χ1) is 15.2. The van der Waals surface area contributed by atoms with Crippen molar-refractivity contribution in [3.05, 3.63) is 106 Å². The summed E-state index contributed by atoms with van der Waals surface area (Å²) in [6.45, 7) is 13.0. The van der Waals surface area contributed by atoms with Gasteiger partial charge in [0.05, 0.1) is 0 Å². The predicted octanol–water partition coefficient (Wildman–Crippen LogP) is 8.41. The number of aromatic amines is 1. The molecule has 0 aliphatic heterocycles. The zero-order valence-corrected chi connectivity index (χ0v) is 20.1. The van der Waals surface area contributed by atoms with E-state index in [0.29, 0.717) is 11.8 Å². The Morgan fingerprint density at radius 3 is 2.25 bits per heavy atom. The number of aromatic nitrogens is 1. The molecule has 2 heteroatoms. The maximum atomic E-state index is 15.4. The van der Waals surface area contributed by atoms with Gasteiger partial charge in [0, 0.05) is 17.1 Å². The quantitative estimate of drug-likeness (QED) is 0.318. The standard InChI is InChI=1S/C30H34FN/c1-19(2)23-8-11-26(21(4)16-23)30(5,6)27-10-7-22(17-28(27)31)15-20(3)24-9-12-29-25(18-24)13-14-32-29/h7-14,16-20,32H,15H2,1-6H3. The van der Waals surface area contributed by atoms with Crippen LogP contribution in [0.25, 0.3) is 10.9 Å². The molecular formula is C30H34FN. The maximum absolute atomic E-state index is 15.4. The van der Waals surface area contributed by atoms with E-state index in [1.807, 2.05) is 12.3 Å². The first kappa shape index (κ1) is 22.3. The maximum Gasteiger partial charge on any atom is 0.127 e. The van der Waals surface area contributed by atoms with E-state index in [9.17, 15) is 0 Å². The Labute approximate surface area is 191 Å². The van der Waals surface area contributed by atoms with Crippen LogP contribution in [0.15, 0.2) is 66.9 Å². The van der Waals surface area contributed by atoms with Gasteiger partial charge in [0.15, 0.2) is 0 Å². The second-order valence-corrected chi connectivity index (χ2v) is 10.1. The smallest absolute Gasteiger partial charge is 0.127 e. The highest BCUT2D eigenvalue weighted by atomic mass is 19.1. The minimum Gasteiger partial charge on any atom is -0.361 e. The zero-order chi connectivity index (χ0) is 23.0. The highest BCUT2D eigenvalue weighted by Crippen LogP contribution is 2.37. The average Bonchev–Trinajstić information content (AvgIpc) is 3.21. The van der Waals surface area contributed by atoms with Gasteiger partial charge in [-0.3, -0.25) is 0 Å². The Bertz CT molecular complexity index is 1240. The minimum absolute atomic E-state index is 0.117. The number of hydrogen-bond donors (Lipinski definition) is 1. The molecule has 4 aromatic rings. The van der Waals surface area contributed by atoms with Crippen LogP contribution in [-0.4, -0.2) is 4.98 Å². The fourth-order valence-electron chi connectivity index (χ4n) is 4.93. The molecule has 1 atom stereocenters. The van der Waals surface area contributed by atoms with Crippen molar-refractivity contribution in [1.82, 2.24) is 4.98 Å². The molecule has 166 valence electrons. The van der Waals surface area contributed by atoms with Crippen LogP contribution in [0.3, 0.4) is 0 Å². The highest BCUT2D eigenvalue weighted by Gasteiger charge is 2.28. The second kappa shape index (κ2) is 8.58. The first-order valence-electron chi connectivity index (χ1n) is 11.6. The number of nitrogens with one attached hydrogen (secondary N) is 1. The largest absolute Gasteiger partial charge is 0.361 e. The third-order valence-corrected chi connectivity index (χ3v) is 6.99. The Kier molecular flexibility index (Phi) is 5.99. The van der Waals surface area contributed by atoms with E-state index in [-0.39, 0.29) is 5.82 Å². The molecule has 1 heterocycles. The van der Waals surface area contributed by atoms with Crippen molar-refractivity contribution in [3.63, 3.8) is 0 Å². The summed E-state index contributed by atoms with van der Waals surface area (Å²) in [5, 5.41) is 1.22. The van der Waals surface area contributed by atoms with Crippen molar-refractivity contribution in [3.8, 4) is 0 Å². The molecule has 0 saturated heterocycles. The summed E-state index contributed by atoms with van der Waals surface area (Å²) in [6, 6.07) is 21.1. The summed E-state index contributed by atoms with van der Waals surface area (Å²) in [6.07, 6.45) is 2.78. The lowest BCUT2D eigenvalue weighted by Crippen LogP contribution is -2.22. The van der Waals surface area contributed by atoms with E-state index < -0.39 is 5.41 Å². The SMILES string of the molecule is Cc1cc(C(C)C)ccc1C(C)(C)c1ccc(CC(C)c2ccc3[nH]ccc3c2)cc1F. The van der Waals surface area contributed by atoms with Crippen LogP contribution in [0, 0.1) is 12.7 Å². The van der Waals surface area contributed by atoms with E-state index in [4.69, 9.17) is 0 Å². The molecule has 0 amide bonds. The molecule has 3 aromatic carbocycles. The lowest BCUT2D eigenvalue weighted by molar-refractivity contribution is 0.544. The molecule has 0 aliphatic rings. The van der Waals surface area contributed by atoms with E-state index in [1.54, 1.807) is 6.07 Å². The Morgan fingerprint density at radius 1 is 0.844 bits per heavy atom. The highest BCUT2D eigenvalue weighted by molar-refractivity contribution is 5.80. The van der Waals surface area contributed by atoms with Gasteiger partial charge in [0.1, 0.15) is 5.82 Å². The molecule has 0 fully saturated rings. The summed E-state index contributed by atoms with van der Waals surface area (Å²) in [5.41, 5.74) is 7.55. The molecule has 1 unspecified atom stereocenters. The normalized spacial score (nSPS) is 13.1. The van der Waals surface area contributed by atoms with Gasteiger partial charge in [0.2, 0.25) is 0 Å². The van der Waals surface area contributed by atoms with Crippen molar-refractivity contribution >= 4 is 10.9 Å². The van der Waals surface area contributed by atoms with Gasteiger partial charge in [-0.2, -0.15) is 0 Å². The fourth-order valence-corrected chi connectivity index (χ4v) is 4.93. The number of rotatable bonds is 6.